The lowest BCUT2D eigenvalue weighted by Gasteiger charge is -1.99. The van der Waals surface area contributed by atoms with E-state index in [0.717, 1.165) is 12.5 Å². The molecule has 1 saturated carbocycles. The van der Waals surface area contributed by atoms with Gasteiger partial charge in [-0.25, -0.2) is 0 Å². The highest BCUT2D eigenvalue weighted by Gasteiger charge is 2.28. The van der Waals surface area contributed by atoms with Gasteiger partial charge in [0.1, 0.15) is 0 Å². The molecule has 84 valence electrons. The zero-order valence-corrected chi connectivity index (χ0v) is 10.9. The lowest BCUT2D eigenvalue weighted by molar-refractivity contribution is 0.819. The summed E-state index contributed by atoms with van der Waals surface area (Å²) in [4.78, 5) is 3.53. The summed E-state index contributed by atoms with van der Waals surface area (Å²) in [7, 11) is 1.98. The van der Waals surface area contributed by atoms with Crippen molar-refractivity contribution in [1.29, 1.82) is 0 Å². The normalized spacial score (nSPS) is 15.9. The summed E-state index contributed by atoms with van der Waals surface area (Å²) in [5.41, 5.74) is 3.96. The van der Waals surface area contributed by atoms with Crippen LogP contribution in [0, 0.1) is 0 Å². The van der Waals surface area contributed by atoms with Crippen LogP contribution in [0.5, 0.6) is 0 Å². The lowest BCUT2D eigenvalue weighted by Crippen LogP contribution is -2.04. The third-order valence-electron chi connectivity index (χ3n) is 3.19. The Bertz CT molecular complexity index is 526. The van der Waals surface area contributed by atoms with Gasteiger partial charge in [-0.05, 0) is 53.5 Å². The predicted octanol–water partition coefficient (Wildman–Crippen LogP) is 3.53. The van der Waals surface area contributed by atoms with Gasteiger partial charge in [-0.15, -0.1) is 0 Å². The molecule has 0 saturated heterocycles. The summed E-state index contributed by atoms with van der Waals surface area (Å²) in [5, 5.41) is 4.50. The fraction of sp³-hybridized carbons (Fsp3) is 0.385. The first kappa shape index (κ1) is 10.4. The van der Waals surface area contributed by atoms with Crippen LogP contribution >= 0.6 is 15.9 Å². The summed E-state index contributed by atoms with van der Waals surface area (Å²) in [6.45, 7) is 0.923. The van der Waals surface area contributed by atoms with Crippen molar-refractivity contribution in [3.05, 3.63) is 33.9 Å². The molecule has 1 fully saturated rings. The molecule has 1 heterocycles. The highest BCUT2D eigenvalue weighted by atomic mass is 79.9. The number of benzene rings is 1. The number of halogens is 1. The number of H-pyrrole nitrogens is 1. The van der Waals surface area contributed by atoms with Gasteiger partial charge in [0.15, 0.2) is 0 Å². The van der Waals surface area contributed by atoms with Gasteiger partial charge in [-0.1, -0.05) is 6.07 Å². The standard InChI is InChI=1S/C13H15BrN2/c1-15-7-8-2-5-11-10(6-8)12(14)13(16-11)9-3-4-9/h2,5-6,9,15-16H,3-4,7H2,1H3. The molecule has 2 aromatic rings. The maximum Gasteiger partial charge on any atom is 0.0468 e. The molecular weight excluding hydrogens is 264 g/mol. The minimum Gasteiger partial charge on any atom is -0.357 e. The first-order chi connectivity index (χ1) is 7.79. The molecule has 1 aliphatic carbocycles. The van der Waals surface area contributed by atoms with E-state index in [-0.39, 0.29) is 0 Å². The number of rotatable bonds is 3. The van der Waals surface area contributed by atoms with E-state index in [0.29, 0.717) is 0 Å². The summed E-state index contributed by atoms with van der Waals surface area (Å²) < 4.78 is 1.27. The van der Waals surface area contributed by atoms with E-state index in [1.54, 1.807) is 0 Å². The Kier molecular flexibility index (Phi) is 2.52. The van der Waals surface area contributed by atoms with Crippen LogP contribution in [0.4, 0.5) is 0 Å². The summed E-state index contributed by atoms with van der Waals surface area (Å²) in [5.74, 6) is 0.759. The van der Waals surface area contributed by atoms with Crippen molar-refractivity contribution in [2.45, 2.75) is 25.3 Å². The topological polar surface area (TPSA) is 27.8 Å². The average molecular weight is 279 g/mol. The number of aromatic nitrogens is 1. The maximum atomic E-state index is 3.73. The molecule has 16 heavy (non-hydrogen) atoms. The Balaban J connectivity index is 2.11. The SMILES string of the molecule is CNCc1ccc2[nH]c(C3CC3)c(Br)c2c1. The summed E-state index contributed by atoms with van der Waals surface area (Å²) in [6.07, 6.45) is 2.66. The molecule has 2 nitrogen and oxygen atoms in total. The number of nitrogens with one attached hydrogen (secondary N) is 2. The summed E-state index contributed by atoms with van der Waals surface area (Å²) in [6, 6.07) is 6.62. The second kappa shape index (κ2) is 3.90. The Morgan fingerprint density at radius 2 is 2.25 bits per heavy atom. The molecule has 0 atom stereocenters. The van der Waals surface area contributed by atoms with Crippen LogP contribution in [0.25, 0.3) is 10.9 Å². The number of hydrogen-bond donors (Lipinski definition) is 2. The predicted molar refractivity (Wildman–Crippen MR) is 70.7 cm³/mol. The van der Waals surface area contributed by atoms with Crippen LogP contribution in [-0.2, 0) is 6.54 Å². The largest absolute Gasteiger partial charge is 0.357 e. The molecule has 1 aromatic carbocycles. The third-order valence-corrected chi connectivity index (χ3v) is 4.05. The number of hydrogen-bond acceptors (Lipinski definition) is 1. The molecule has 0 unspecified atom stereocenters. The molecule has 0 aliphatic heterocycles. The van der Waals surface area contributed by atoms with Gasteiger partial charge in [0.05, 0.1) is 0 Å². The molecule has 0 radical (unpaired) electrons. The first-order valence-electron chi connectivity index (χ1n) is 5.74. The van der Waals surface area contributed by atoms with Crippen molar-refractivity contribution in [3.8, 4) is 0 Å². The van der Waals surface area contributed by atoms with Crippen LogP contribution in [-0.4, -0.2) is 12.0 Å². The van der Waals surface area contributed by atoms with Crippen molar-refractivity contribution < 1.29 is 0 Å². The van der Waals surface area contributed by atoms with Gasteiger partial charge in [-0.2, -0.15) is 0 Å². The zero-order valence-electron chi connectivity index (χ0n) is 9.31. The van der Waals surface area contributed by atoms with Crippen molar-refractivity contribution in [2.24, 2.45) is 0 Å². The van der Waals surface area contributed by atoms with Gasteiger partial charge >= 0.3 is 0 Å². The van der Waals surface area contributed by atoms with Crippen LogP contribution in [0.3, 0.4) is 0 Å². The van der Waals surface area contributed by atoms with E-state index in [4.69, 9.17) is 0 Å². The molecule has 2 N–H and O–H groups in total. The third kappa shape index (κ3) is 1.68. The van der Waals surface area contributed by atoms with Crippen LogP contribution in [0.15, 0.2) is 22.7 Å². The fourth-order valence-electron chi connectivity index (χ4n) is 2.19. The zero-order chi connectivity index (χ0) is 11.1. The molecular formula is C13H15BrN2. The Morgan fingerprint density at radius 1 is 1.44 bits per heavy atom. The second-order valence-electron chi connectivity index (χ2n) is 4.54. The molecule has 3 rings (SSSR count). The van der Waals surface area contributed by atoms with Crippen LogP contribution < -0.4 is 5.32 Å². The second-order valence-corrected chi connectivity index (χ2v) is 5.33. The summed E-state index contributed by atoms with van der Waals surface area (Å²) >= 11 is 3.73. The molecule has 0 bridgehead atoms. The minimum absolute atomic E-state index is 0.759. The average Bonchev–Trinajstić information content (AvgIpc) is 3.07. The monoisotopic (exact) mass is 278 g/mol. The van der Waals surface area contributed by atoms with Crippen LogP contribution in [0.1, 0.15) is 30.0 Å². The van der Waals surface area contributed by atoms with Gasteiger partial charge in [0.2, 0.25) is 0 Å². The fourth-order valence-corrected chi connectivity index (χ4v) is 2.95. The highest BCUT2D eigenvalue weighted by molar-refractivity contribution is 9.10. The number of aromatic amines is 1. The molecule has 1 aromatic heterocycles. The van der Waals surface area contributed by atoms with Gasteiger partial charge in [0, 0.05) is 33.5 Å². The van der Waals surface area contributed by atoms with E-state index in [2.05, 4.69) is 44.4 Å². The molecule has 3 heteroatoms. The van der Waals surface area contributed by atoms with Gasteiger partial charge < -0.3 is 10.3 Å². The Morgan fingerprint density at radius 3 is 2.94 bits per heavy atom. The molecule has 0 amide bonds. The van der Waals surface area contributed by atoms with E-state index in [9.17, 15) is 0 Å². The van der Waals surface area contributed by atoms with Gasteiger partial charge in [0.25, 0.3) is 0 Å². The van der Waals surface area contributed by atoms with Crippen LogP contribution in [0.2, 0.25) is 0 Å². The van der Waals surface area contributed by atoms with Crippen molar-refractivity contribution in [3.63, 3.8) is 0 Å². The van der Waals surface area contributed by atoms with E-state index >= 15 is 0 Å². The smallest absolute Gasteiger partial charge is 0.0468 e. The minimum atomic E-state index is 0.759. The van der Waals surface area contributed by atoms with Crippen molar-refractivity contribution in [2.75, 3.05) is 7.05 Å². The van der Waals surface area contributed by atoms with E-state index in [1.807, 2.05) is 7.05 Å². The van der Waals surface area contributed by atoms with Gasteiger partial charge in [-0.3, -0.25) is 0 Å². The number of fused-ring (bicyclic) bond motifs is 1. The Labute approximate surface area is 104 Å². The molecule has 1 aliphatic rings. The van der Waals surface area contributed by atoms with Crippen molar-refractivity contribution >= 4 is 26.8 Å². The quantitative estimate of drug-likeness (QED) is 0.883. The lowest BCUT2D eigenvalue weighted by atomic mass is 10.1. The van der Waals surface area contributed by atoms with E-state index < -0.39 is 0 Å². The van der Waals surface area contributed by atoms with Crippen molar-refractivity contribution in [1.82, 2.24) is 10.3 Å². The molecule has 0 spiro atoms. The van der Waals surface area contributed by atoms with E-state index in [1.165, 1.54) is 39.5 Å². The maximum absolute atomic E-state index is 3.73. The highest BCUT2D eigenvalue weighted by Crippen LogP contribution is 2.45. The Hall–Kier alpha value is -0.800. The first-order valence-corrected chi connectivity index (χ1v) is 6.53.